The number of nitrogens with zero attached hydrogens (tertiary/aromatic N) is 3. The quantitative estimate of drug-likeness (QED) is 0.439. The average Bonchev–Trinajstić information content (AvgIpc) is 2.92. The third-order valence-corrected chi connectivity index (χ3v) is 5.63. The second-order valence-corrected chi connectivity index (χ2v) is 8.30. The van der Waals surface area contributed by atoms with Crippen LogP contribution in [-0.4, -0.2) is 50.8 Å². The molecule has 0 spiro atoms. The van der Waals surface area contributed by atoms with Crippen LogP contribution >= 0.6 is 24.0 Å². The van der Waals surface area contributed by atoms with E-state index < -0.39 is 0 Å². The predicted octanol–water partition coefficient (Wildman–Crippen LogP) is 2.67. The number of aromatic nitrogens is 2. The maximum atomic E-state index is 13.2. The number of aryl methyl sites for hydroxylation is 1. The first-order chi connectivity index (χ1) is 13.3. The number of ether oxygens (including phenoxy) is 1. The van der Waals surface area contributed by atoms with Gasteiger partial charge in [0, 0.05) is 25.9 Å². The van der Waals surface area contributed by atoms with Crippen molar-refractivity contribution in [2.24, 2.45) is 0 Å². The van der Waals surface area contributed by atoms with Crippen molar-refractivity contribution in [2.45, 2.75) is 26.8 Å². The Morgan fingerprint density at radius 3 is 2.79 bits per heavy atom. The molecule has 2 aromatic heterocycles. The number of rotatable bonds is 6. The van der Waals surface area contributed by atoms with Crippen molar-refractivity contribution in [3.8, 4) is 0 Å². The molecule has 148 valence electrons. The van der Waals surface area contributed by atoms with Crippen LogP contribution in [0.1, 0.15) is 25.0 Å². The van der Waals surface area contributed by atoms with Gasteiger partial charge in [-0.2, -0.15) is 0 Å². The highest BCUT2D eigenvalue weighted by molar-refractivity contribution is 8.26. The lowest BCUT2D eigenvalue weighted by Crippen LogP contribution is -2.34. The molecule has 1 aliphatic heterocycles. The lowest BCUT2D eigenvalue weighted by atomic mass is 10.2. The number of fused-ring (bicyclic) bond motifs is 1. The van der Waals surface area contributed by atoms with E-state index in [1.165, 1.54) is 16.2 Å². The van der Waals surface area contributed by atoms with E-state index in [1.807, 2.05) is 26.8 Å². The molecule has 3 rings (SSSR count). The van der Waals surface area contributed by atoms with Crippen LogP contribution in [0.3, 0.4) is 0 Å². The van der Waals surface area contributed by atoms with Gasteiger partial charge in [0.2, 0.25) is 0 Å². The third-order valence-electron chi connectivity index (χ3n) is 4.30. The first kappa shape index (κ1) is 20.5. The van der Waals surface area contributed by atoms with Crippen molar-refractivity contribution >= 4 is 51.7 Å². The first-order valence-corrected chi connectivity index (χ1v) is 10.1. The minimum absolute atomic E-state index is 0.0452. The van der Waals surface area contributed by atoms with E-state index in [1.54, 1.807) is 30.3 Å². The number of nitrogens with one attached hydrogen (secondary N) is 1. The molecule has 0 radical (unpaired) electrons. The van der Waals surface area contributed by atoms with Crippen LogP contribution in [0.15, 0.2) is 28.0 Å². The second-order valence-electron chi connectivity index (χ2n) is 6.63. The van der Waals surface area contributed by atoms with E-state index in [0.29, 0.717) is 39.4 Å². The molecule has 0 aromatic carbocycles. The monoisotopic (exact) mass is 418 g/mol. The zero-order valence-corrected chi connectivity index (χ0v) is 17.8. The molecular formula is C19H22N4O3S2. The van der Waals surface area contributed by atoms with Crippen LogP contribution in [0.2, 0.25) is 0 Å². The number of hydrogen-bond acceptors (Lipinski definition) is 7. The van der Waals surface area contributed by atoms with Gasteiger partial charge < -0.3 is 10.1 Å². The molecule has 1 amide bonds. The maximum absolute atomic E-state index is 13.2. The third kappa shape index (κ3) is 3.82. The van der Waals surface area contributed by atoms with Crippen molar-refractivity contribution in [2.75, 3.05) is 25.6 Å². The number of thioether (sulfide) groups is 1. The molecule has 0 aliphatic carbocycles. The Bertz CT molecular complexity index is 1030. The molecule has 0 saturated carbocycles. The summed E-state index contributed by atoms with van der Waals surface area (Å²) in [6.45, 7) is 6.65. The van der Waals surface area contributed by atoms with E-state index in [-0.39, 0.29) is 17.5 Å². The van der Waals surface area contributed by atoms with Gasteiger partial charge in [-0.25, -0.2) is 4.98 Å². The number of carbonyl (C=O) groups is 1. The number of carbonyl (C=O) groups excluding carboxylic acids is 1. The average molecular weight is 419 g/mol. The molecule has 9 heteroatoms. The molecule has 7 nitrogen and oxygen atoms in total. The van der Waals surface area contributed by atoms with Crippen LogP contribution < -0.4 is 10.9 Å². The molecule has 3 heterocycles. The van der Waals surface area contributed by atoms with Gasteiger partial charge in [0.15, 0.2) is 0 Å². The van der Waals surface area contributed by atoms with Crippen molar-refractivity contribution in [1.29, 1.82) is 0 Å². The van der Waals surface area contributed by atoms with Crippen molar-refractivity contribution in [3.05, 3.63) is 44.7 Å². The van der Waals surface area contributed by atoms with Crippen molar-refractivity contribution in [3.63, 3.8) is 0 Å². The van der Waals surface area contributed by atoms with Gasteiger partial charge in [0.05, 0.1) is 17.1 Å². The fourth-order valence-corrected chi connectivity index (χ4v) is 4.41. The van der Waals surface area contributed by atoms with Gasteiger partial charge in [0.1, 0.15) is 15.8 Å². The highest BCUT2D eigenvalue weighted by atomic mass is 32.2. The van der Waals surface area contributed by atoms with Crippen LogP contribution in [-0.2, 0) is 9.53 Å². The summed E-state index contributed by atoms with van der Waals surface area (Å²) in [7, 11) is 1.60. The van der Waals surface area contributed by atoms with Gasteiger partial charge in [0.25, 0.3) is 11.5 Å². The molecule has 1 fully saturated rings. The van der Waals surface area contributed by atoms with E-state index >= 15 is 0 Å². The second kappa shape index (κ2) is 8.42. The van der Waals surface area contributed by atoms with Crippen molar-refractivity contribution in [1.82, 2.24) is 14.3 Å². The zero-order valence-electron chi connectivity index (χ0n) is 16.2. The standard InChI is InChI=1S/C19H22N4O3S2/c1-11(2)23-18(25)14(28-19(23)27)10-13-15(20-7-9-26-4)21-16-12(3)6-5-8-22(16)17(13)24/h5-6,8,10-11,20H,7,9H2,1-4H3. The summed E-state index contributed by atoms with van der Waals surface area (Å²) in [5.74, 6) is 0.229. The first-order valence-electron chi connectivity index (χ1n) is 8.87. The lowest BCUT2D eigenvalue weighted by Gasteiger charge is -2.18. The Balaban J connectivity index is 2.15. The molecule has 28 heavy (non-hydrogen) atoms. The fraction of sp³-hybridized carbons (Fsp3) is 0.368. The smallest absolute Gasteiger partial charge is 0.267 e. The van der Waals surface area contributed by atoms with Gasteiger partial charge in [-0.1, -0.05) is 30.0 Å². The summed E-state index contributed by atoms with van der Waals surface area (Å²) in [5, 5.41) is 3.15. The minimum atomic E-state index is -0.247. The topological polar surface area (TPSA) is 75.9 Å². The van der Waals surface area contributed by atoms with E-state index in [4.69, 9.17) is 17.0 Å². The summed E-state index contributed by atoms with van der Waals surface area (Å²) in [6.07, 6.45) is 3.26. The summed E-state index contributed by atoms with van der Waals surface area (Å²) in [5.41, 5.74) is 1.53. The highest BCUT2D eigenvalue weighted by Crippen LogP contribution is 2.34. The summed E-state index contributed by atoms with van der Waals surface area (Å²) >= 11 is 6.53. The van der Waals surface area contributed by atoms with Gasteiger partial charge in [-0.3, -0.25) is 18.9 Å². The van der Waals surface area contributed by atoms with Gasteiger partial charge in [-0.15, -0.1) is 0 Å². The molecule has 0 atom stereocenters. The number of anilines is 1. The molecule has 1 saturated heterocycles. The van der Waals surface area contributed by atoms with Crippen LogP contribution in [0, 0.1) is 6.92 Å². The van der Waals surface area contributed by atoms with Crippen LogP contribution in [0.5, 0.6) is 0 Å². The summed E-state index contributed by atoms with van der Waals surface area (Å²) in [6, 6.07) is 3.65. The Morgan fingerprint density at radius 1 is 1.39 bits per heavy atom. The van der Waals surface area contributed by atoms with E-state index in [9.17, 15) is 9.59 Å². The Labute approximate surface area is 172 Å². The molecule has 2 aromatic rings. The Kier molecular flexibility index (Phi) is 6.17. The SMILES string of the molecule is COCCNc1nc2c(C)cccn2c(=O)c1C=C1SC(=S)N(C(C)C)C1=O. The molecule has 0 bridgehead atoms. The molecule has 1 aliphatic rings. The van der Waals surface area contributed by atoms with Crippen molar-refractivity contribution < 1.29 is 9.53 Å². The van der Waals surface area contributed by atoms with Crippen LogP contribution in [0.25, 0.3) is 11.7 Å². The summed E-state index contributed by atoms with van der Waals surface area (Å²) in [4.78, 5) is 32.5. The Morgan fingerprint density at radius 2 is 2.14 bits per heavy atom. The number of methoxy groups -OCH3 is 1. The Hall–Kier alpha value is -2.23. The predicted molar refractivity (Wildman–Crippen MR) is 117 cm³/mol. The number of hydrogen-bond donors (Lipinski definition) is 1. The number of thiocarbonyl (C=S) groups is 1. The number of amides is 1. The fourth-order valence-electron chi connectivity index (χ4n) is 2.90. The van der Waals surface area contributed by atoms with E-state index in [0.717, 1.165) is 5.56 Å². The highest BCUT2D eigenvalue weighted by Gasteiger charge is 2.34. The van der Waals surface area contributed by atoms with Gasteiger partial charge >= 0.3 is 0 Å². The van der Waals surface area contributed by atoms with E-state index in [2.05, 4.69) is 10.3 Å². The normalized spacial score (nSPS) is 16.0. The largest absolute Gasteiger partial charge is 0.383 e. The molecular weight excluding hydrogens is 396 g/mol. The summed E-state index contributed by atoms with van der Waals surface area (Å²) < 4.78 is 7.06. The van der Waals surface area contributed by atoms with Crippen LogP contribution in [0.4, 0.5) is 5.82 Å². The molecule has 0 unspecified atom stereocenters. The van der Waals surface area contributed by atoms with Gasteiger partial charge in [-0.05, 0) is 38.5 Å². The maximum Gasteiger partial charge on any atom is 0.267 e. The molecule has 1 N–H and O–H groups in total. The number of pyridine rings is 1. The minimum Gasteiger partial charge on any atom is -0.383 e. The zero-order chi connectivity index (χ0) is 20.4. The lowest BCUT2D eigenvalue weighted by molar-refractivity contribution is -0.123.